The van der Waals surface area contributed by atoms with E-state index in [1.165, 1.54) is 24.3 Å². The van der Waals surface area contributed by atoms with Gasteiger partial charge in [-0.1, -0.05) is 17.7 Å². The number of fused-ring (bicyclic) bond motifs is 1. The van der Waals surface area contributed by atoms with Gasteiger partial charge in [-0.05, 0) is 23.8 Å². The molecule has 3 rings (SSSR count). The van der Waals surface area contributed by atoms with Gasteiger partial charge >= 0.3 is 0 Å². The zero-order valence-electron chi connectivity index (χ0n) is 16.9. The minimum absolute atomic E-state index is 0.102. The van der Waals surface area contributed by atoms with Crippen molar-refractivity contribution in [3.05, 3.63) is 64.4 Å². The van der Waals surface area contributed by atoms with Gasteiger partial charge in [0.05, 0.1) is 11.6 Å². The maximum atomic E-state index is 14.2. The van der Waals surface area contributed by atoms with Gasteiger partial charge in [0.25, 0.3) is 5.91 Å². The highest BCUT2D eigenvalue weighted by atomic mass is 35.5. The summed E-state index contributed by atoms with van der Waals surface area (Å²) in [6.45, 7) is 0.574. The minimum Gasteiger partial charge on any atom is -0.383 e. The van der Waals surface area contributed by atoms with Gasteiger partial charge in [-0.3, -0.25) is 9.59 Å². The maximum absolute atomic E-state index is 14.2. The van der Waals surface area contributed by atoms with Gasteiger partial charge in [0.2, 0.25) is 5.91 Å². The number of carbonyl (C=O) groups excluding carboxylic acids is 2. The molecule has 0 spiro atoms. The lowest BCUT2D eigenvalue weighted by molar-refractivity contribution is -0.132. The van der Waals surface area contributed by atoms with Crippen LogP contribution in [0.1, 0.15) is 16.1 Å². The predicted octanol–water partition coefficient (Wildman–Crippen LogP) is 2.94. The first-order valence-corrected chi connectivity index (χ1v) is 9.79. The third-order valence-corrected chi connectivity index (χ3v) is 4.94. The predicted molar refractivity (Wildman–Crippen MR) is 112 cm³/mol. The first-order chi connectivity index (χ1) is 14.8. The Morgan fingerprint density at radius 2 is 2.06 bits per heavy atom. The van der Waals surface area contributed by atoms with E-state index in [4.69, 9.17) is 16.3 Å². The van der Waals surface area contributed by atoms with E-state index >= 15 is 0 Å². The molecule has 0 unspecified atom stereocenters. The third kappa shape index (κ3) is 5.56. The van der Waals surface area contributed by atoms with Crippen molar-refractivity contribution in [2.45, 2.75) is 12.5 Å². The second kappa shape index (κ2) is 9.84. The largest absolute Gasteiger partial charge is 0.383 e. The van der Waals surface area contributed by atoms with Crippen LogP contribution in [0.3, 0.4) is 0 Å². The highest BCUT2D eigenvalue weighted by Crippen LogP contribution is 2.18. The highest BCUT2D eigenvalue weighted by molar-refractivity contribution is 6.31. The van der Waals surface area contributed by atoms with Crippen LogP contribution in [0.2, 0.25) is 5.02 Å². The standard InChI is InChI=1S/C21H21ClF2N4O3/c1-28(5-6-31-2)21(30)18(8-12-3-4-15(23)10-16(12)24)27-20(29)17-9-13-7-14(22)11-25-19(13)26-17/h3-4,7,9-11,18H,5-6,8H2,1-2H3,(H,25,26)(H,27,29)/t18-/m0/s1. The first kappa shape index (κ1) is 22.6. The molecule has 2 amide bonds. The van der Waals surface area contributed by atoms with E-state index in [9.17, 15) is 18.4 Å². The first-order valence-electron chi connectivity index (χ1n) is 9.41. The molecule has 10 heteroatoms. The molecule has 1 aromatic carbocycles. The van der Waals surface area contributed by atoms with E-state index in [-0.39, 0.29) is 24.2 Å². The van der Waals surface area contributed by atoms with Crippen LogP contribution in [0.5, 0.6) is 0 Å². The number of hydrogen-bond donors (Lipinski definition) is 2. The van der Waals surface area contributed by atoms with Crippen LogP contribution in [0.25, 0.3) is 11.0 Å². The summed E-state index contributed by atoms with van der Waals surface area (Å²) in [5.41, 5.74) is 0.728. The Labute approximate surface area is 182 Å². The molecule has 3 aromatic rings. The number of likely N-dealkylation sites (N-methyl/N-ethyl adjacent to an activating group) is 1. The van der Waals surface area contributed by atoms with Crippen molar-refractivity contribution in [3.8, 4) is 0 Å². The van der Waals surface area contributed by atoms with Crippen LogP contribution in [-0.2, 0) is 16.0 Å². The molecule has 2 aromatic heterocycles. The molecule has 0 aliphatic rings. The van der Waals surface area contributed by atoms with Gasteiger partial charge in [-0.2, -0.15) is 0 Å². The minimum atomic E-state index is -1.09. The number of nitrogens with one attached hydrogen (secondary N) is 2. The fourth-order valence-corrected chi connectivity index (χ4v) is 3.22. The fraction of sp³-hybridized carbons (Fsp3) is 0.286. The number of amides is 2. The quantitative estimate of drug-likeness (QED) is 0.552. The molecule has 0 saturated carbocycles. The van der Waals surface area contributed by atoms with Crippen LogP contribution in [-0.4, -0.2) is 60.0 Å². The maximum Gasteiger partial charge on any atom is 0.268 e. The number of ether oxygens (including phenoxy) is 1. The van der Waals surface area contributed by atoms with Crippen molar-refractivity contribution in [1.82, 2.24) is 20.2 Å². The van der Waals surface area contributed by atoms with E-state index in [0.29, 0.717) is 22.7 Å². The van der Waals surface area contributed by atoms with Crippen LogP contribution < -0.4 is 5.32 Å². The van der Waals surface area contributed by atoms with Crippen LogP contribution in [0.4, 0.5) is 8.78 Å². The monoisotopic (exact) mass is 450 g/mol. The zero-order valence-corrected chi connectivity index (χ0v) is 17.7. The number of pyridine rings is 1. The van der Waals surface area contributed by atoms with Crippen LogP contribution in [0, 0.1) is 11.6 Å². The smallest absolute Gasteiger partial charge is 0.268 e. The Bertz CT molecular complexity index is 1110. The number of carbonyl (C=O) groups is 2. The molecule has 164 valence electrons. The van der Waals surface area contributed by atoms with E-state index < -0.39 is 29.5 Å². The second-order valence-electron chi connectivity index (χ2n) is 6.99. The van der Waals surface area contributed by atoms with Crippen molar-refractivity contribution < 1.29 is 23.1 Å². The number of methoxy groups -OCH3 is 1. The number of aromatic amines is 1. The van der Waals surface area contributed by atoms with Gasteiger partial charge in [-0.25, -0.2) is 13.8 Å². The molecule has 2 heterocycles. The Balaban J connectivity index is 1.84. The topological polar surface area (TPSA) is 87.3 Å². The number of hydrogen-bond acceptors (Lipinski definition) is 4. The number of benzene rings is 1. The van der Waals surface area contributed by atoms with Gasteiger partial charge in [0.15, 0.2) is 0 Å². The number of nitrogens with zero attached hydrogens (tertiary/aromatic N) is 2. The number of aromatic nitrogens is 2. The Hall–Kier alpha value is -3.04. The van der Waals surface area contributed by atoms with Gasteiger partial charge in [-0.15, -0.1) is 0 Å². The van der Waals surface area contributed by atoms with E-state index in [2.05, 4.69) is 15.3 Å². The molecule has 0 fully saturated rings. The van der Waals surface area contributed by atoms with Crippen molar-refractivity contribution in [2.24, 2.45) is 0 Å². The summed E-state index contributed by atoms with van der Waals surface area (Å²) in [6.07, 6.45) is 1.29. The molecule has 7 nitrogen and oxygen atoms in total. The Morgan fingerprint density at radius 3 is 2.77 bits per heavy atom. The summed E-state index contributed by atoms with van der Waals surface area (Å²) < 4.78 is 32.4. The highest BCUT2D eigenvalue weighted by Gasteiger charge is 2.26. The molecule has 0 saturated heterocycles. The zero-order chi connectivity index (χ0) is 22.5. The third-order valence-electron chi connectivity index (χ3n) is 4.73. The molecule has 31 heavy (non-hydrogen) atoms. The average Bonchev–Trinajstić information content (AvgIpc) is 3.16. The summed E-state index contributed by atoms with van der Waals surface area (Å²) in [5, 5.41) is 3.67. The van der Waals surface area contributed by atoms with Crippen molar-refractivity contribution >= 4 is 34.4 Å². The lowest BCUT2D eigenvalue weighted by atomic mass is 10.0. The number of rotatable bonds is 8. The molecule has 0 aliphatic carbocycles. The average molecular weight is 451 g/mol. The van der Waals surface area contributed by atoms with E-state index in [1.54, 1.807) is 19.2 Å². The van der Waals surface area contributed by atoms with Crippen LogP contribution in [0.15, 0.2) is 36.5 Å². The molecule has 2 N–H and O–H groups in total. The summed E-state index contributed by atoms with van der Waals surface area (Å²) in [5.74, 6) is -2.54. The summed E-state index contributed by atoms with van der Waals surface area (Å²) >= 11 is 5.93. The summed E-state index contributed by atoms with van der Waals surface area (Å²) in [4.78, 5) is 34.1. The molecule has 0 aliphatic heterocycles. The van der Waals surface area contributed by atoms with Crippen LogP contribution >= 0.6 is 11.6 Å². The van der Waals surface area contributed by atoms with E-state index in [1.807, 2.05) is 0 Å². The summed E-state index contributed by atoms with van der Waals surface area (Å²) in [6, 6.07) is 5.20. The number of H-pyrrole nitrogens is 1. The van der Waals surface area contributed by atoms with Crippen molar-refractivity contribution in [3.63, 3.8) is 0 Å². The molecule has 0 radical (unpaired) electrons. The van der Waals surface area contributed by atoms with Crippen molar-refractivity contribution in [1.29, 1.82) is 0 Å². The molecule has 1 atom stereocenters. The molecule has 0 bridgehead atoms. The van der Waals surface area contributed by atoms with E-state index in [0.717, 1.165) is 12.1 Å². The van der Waals surface area contributed by atoms with Gasteiger partial charge < -0.3 is 19.9 Å². The lowest BCUT2D eigenvalue weighted by Crippen LogP contribution is -2.49. The second-order valence-corrected chi connectivity index (χ2v) is 7.43. The number of halogens is 3. The summed E-state index contributed by atoms with van der Waals surface area (Å²) in [7, 11) is 3.05. The van der Waals surface area contributed by atoms with Gasteiger partial charge in [0.1, 0.15) is 29.0 Å². The Kier molecular flexibility index (Phi) is 7.19. The fourth-order valence-electron chi connectivity index (χ4n) is 3.06. The van der Waals surface area contributed by atoms with Gasteiger partial charge in [0, 0.05) is 44.8 Å². The Morgan fingerprint density at radius 1 is 1.29 bits per heavy atom. The van der Waals surface area contributed by atoms with Crippen molar-refractivity contribution in [2.75, 3.05) is 27.3 Å². The molecular formula is C21H21ClF2N4O3. The SMILES string of the molecule is COCCN(C)C(=O)[C@H](Cc1ccc(F)cc1F)NC(=O)c1cc2cc(Cl)cnc2[nH]1. The molecular weight excluding hydrogens is 430 g/mol. The normalized spacial score (nSPS) is 12.0. The lowest BCUT2D eigenvalue weighted by Gasteiger charge is -2.24.